The highest BCUT2D eigenvalue weighted by molar-refractivity contribution is 5.91. The van der Waals surface area contributed by atoms with Crippen LogP contribution in [-0.2, 0) is 0 Å². The molecule has 0 aromatic carbocycles. The number of amides is 1. The quantitative estimate of drug-likeness (QED) is 0.755. The standard InChI is InChI=1S/C12H14N6O/c1-9-6-18-10(7-17-9)12(19)16-5-4-15-11-8-13-2-3-14-11/h2-3,6-8H,4-5H2,1H3,(H,14,15)(H,16,19). The Morgan fingerprint density at radius 3 is 2.68 bits per heavy atom. The Bertz CT molecular complexity index is 528. The fourth-order valence-corrected chi connectivity index (χ4v) is 1.36. The smallest absolute Gasteiger partial charge is 0.271 e. The molecule has 0 aliphatic heterocycles. The number of hydrogen-bond acceptors (Lipinski definition) is 6. The molecule has 0 radical (unpaired) electrons. The van der Waals surface area contributed by atoms with Crippen LogP contribution in [0.5, 0.6) is 0 Å². The largest absolute Gasteiger partial charge is 0.367 e. The first-order chi connectivity index (χ1) is 9.25. The van der Waals surface area contributed by atoms with Crippen molar-refractivity contribution in [2.24, 2.45) is 0 Å². The minimum atomic E-state index is -0.242. The van der Waals surface area contributed by atoms with Gasteiger partial charge in [-0.3, -0.25) is 14.8 Å². The second kappa shape index (κ2) is 6.39. The molecule has 7 nitrogen and oxygen atoms in total. The summed E-state index contributed by atoms with van der Waals surface area (Å²) in [6.45, 7) is 2.84. The van der Waals surface area contributed by atoms with Crippen molar-refractivity contribution >= 4 is 11.7 Å². The third-order valence-electron chi connectivity index (χ3n) is 2.29. The first-order valence-corrected chi connectivity index (χ1v) is 5.82. The van der Waals surface area contributed by atoms with Crippen LogP contribution in [0.15, 0.2) is 31.0 Å². The third-order valence-corrected chi connectivity index (χ3v) is 2.29. The third kappa shape index (κ3) is 3.98. The number of hydrogen-bond donors (Lipinski definition) is 2. The highest BCUT2D eigenvalue weighted by Crippen LogP contribution is 1.96. The molecule has 1 amide bonds. The van der Waals surface area contributed by atoms with Crippen molar-refractivity contribution in [2.45, 2.75) is 6.92 Å². The lowest BCUT2D eigenvalue weighted by atomic mass is 10.4. The van der Waals surface area contributed by atoms with Gasteiger partial charge in [-0.15, -0.1) is 0 Å². The summed E-state index contributed by atoms with van der Waals surface area (Å²) >= 11 is 0. The molecular weight excluding hydrogens is 244 g/mol. The van der Waals surface area contributed by atoms with Crippen LogP contribution >= 0.6 is 0 Å². The Morgan fingerprint density at radius 1 is 1.11 bits per heavy atom. The average Bonchev–Trinajstić information content (AvgIpc) is 2.45. The number of aryl methyl sites for hydroxylation is 1. The van der Waals surface area contributed by atoms with E-state index in [9.17, 15) is 4.79 Å². The van der Waals surface area contributed by atoms with Crippen molar-refractivity contribution in [1.82, 2.24) is 25.3 Å². The van der Waals surface area contributed by atoms with Gasteiger partial charge in [0.1, 0.15) is 11.5 Å². The predicted molar refractivity (Wildman–Crippen MR) is 69.6 cm³/mol. The van der Waals surface area contributed by atoms with E-state index in [1.807, 2.05) is 6.92 Å². The Balaban J connectivity index is 1.74. The number of anilines is 1. The molecule has 98 valence electrons. The van der Waals surface area contributed by atoms with Gasteiger partial charge in [0.05, 0.1) is 18.1 Å². The van der Waals surface area contributed by atoms with Gasteiger partial charge in [-0.2, -0.15) is 0 Å². The fraction of sp³-hybridized carbons (Fsp3) is 0.250. The molecule has 0 aliphatic carbocycles. The normalized spacial score (nSPS) is 9.95. The van der Waals surface area contributed by atoms with Crippen LogP contribution in [0.25, 0.3) is 0 Å². The van der Waals surface area contributed by atoms with Crippen LogP contribution in [0.3, 0.4) is 0 Å². The highest BCUT2D eigenvalue weighted by atomic mass is 16.1. The van der Waals surface area contributed by atoms with E-state index in [0.29, 0.717) is 24.6 Å². The maximum Gasteiger partial charge on any atom is 0.271 e. The van der Waals surface area contributed by atoms with Gasteiger partial charge in [0.2, 0.25) is 0 Å². The Kier molecular flexibility index (Phi) is 4.33. The monoisotopic (exact) mass is 258 g/mol. The van der Waals surface area contributed by atoms with Crippen LogP contribution < -0.4 is 10.6 Å². The van der Waals surface area contributed by atoms with Gasteiger partial charge in [-0.1, -0.05) is 0 Å². The van der Waals surface area contributed by atoms with Gasteiger partial charge < -0.3 is 10.6 Å². The van der Waals surface area contributed by atoms with Crippen molar-refractivity contribution in [3.8, 4) is 0 Å². The van der Waals surface area contributed by atoms with Crippen LogP contribution in [0.1, 0.15) is 16.2 Å². The van der Waals surface area contributed by atoms with E-state index < -0.39 is 0 Å². The maximum atomic E-state index is 11.7. The van der Waals surface area contributed by atoms with E-state index in [1.54, 1.807) is 24.8 Å². The molecule has 0 saturated carbocycles. The predicted octanol–water partition coefficient (Wildman–Crippen LogP) is 0.417. The van der Waals surface area contributed by atoms with Gasteiger partial charge in [0.15, 0.2) is 0 Å². The zero-order valence-corrected chi connectivity index (χ0v) is 10.5. The number of carbonyl (C=O) groups is 1. The SMILES string of the molecule is Cc1cnc(C(=O)NCCNc2cnccn2)cn1. The van der Waals surface area contributed by atoms with E-state index >= 15 is 0 Å². The van der Waals surface area contributed by atoms with Crippen molar-refractivity contribution < 1.29 is 4.79 Å². The molecule has 0 atom stereocenters. The Morgan fingerprint density at radius 2 is 2.00 bits per heavy atom. The average molecular weight is 258 g/mol. The van der Waals surface area contributed by atoms with Gasteiger partial charge in [-0.25, -0.2) is 9.97 Å². The first-order valence-electron chi connectivity index (χ1n) is 5.82. The molecule has 19 heavy (non-hydrogen) atoms. The molecular formula is C12H14N6O. The molecule has 0 bridgehead atoms. The second-order valence-corrected chi connectivity index (χ2v) is 3.82. The van der Waals surface area contributed by atoms with E-state index in [4.69, 9.17) is 0 Å². The van der Waals surface area contributed by atoms with E-state index in [1.165, 1.54) is 6.20 Å². The molecule has 0 spiro atoms. The summed E-state index contributed by atoms with van der Waals surface area (Å²) in [5.74, 6) is 0.431. The van der Waals surface area contributed by atoms with E-state index in [0.717, 1.165) is 5.69 Å². The number of carbonyl (C=O) groups excluding carboxylic acids is 1. The molecule has 0 fully saturated rings. The molecule has 0 unspecified atom stereocenters. The summed E-state index contributed by atoms with van der Waals surface area (Å²) in [6.07, 6.45) is 7.84. The zero-order valence-electron chi connectivity index (χ0n) is 10.5. The van der Waals surface area contributed by atoms with Crippen molar-refractivity contribution in [1.29, 1.82) is 0 Å². The van der Waals surface area contributed by atoms with E-state index in [2.05, 4.69) is 30.6 Å². The summed E-state index contributed by atoms with van der Waals surface area (Å²) in [6, 6.07) is 0. The lowest BCUT2D eigenvalue weighted by molar-refractivity contribution is 0.0950. The minimum Gasteiger partial charge on any atom is -0.367 e. The Hall–Kier alpha value is -2.57. The lowest BCUT2D eigenvalue weighted by Crippen LogP contribution is -2.29. The Labute approximate surface area is 110 Å². The van der Waals surface area contributed by atoms with Crippen LogP contribution in [0.4, 0.5) is 5.82 Å². The van der Waals surface area contributed by atoms with Crippen molar-refractivity contribution in [2.75, 3.05) is 18.4 Å². The van der Waals surface area contributed by atoms with E-state index in [-0.39, 0.29) is 5.91 Å². The molecule has 0 saturated heterocycles. The second-order valence-electron chi connectivity index (χ2n) is 3.82. The molecule has 2 rings (SSSR count). The lowest BCUT2D eigenvalue weighted by Gasteiger charge is -2.06. The summed E-state index contributed by atoms with van der Waals surface area (Å²) in [5.41, 5.74) is 1.09. The molecule has 7 heteroatoms. The van der Waals surface area contributed by atoms with Crippen molar-refractivity contribution in [3.63, 3.8) is 0 Å². The number of rotatable bonds is 5. The minimum absolute atomic E-state index is 0.242. The fourth-order valence-electron chi connectivity index (χ4n) is 1.36. The molecule has 2 N–H and O–H groups in total. The highest BCUT2D eigenvalue weighted by Gasteiger charge is 2.06. The summed E-state index contributed by atoms with van der Waals surface area (Å²) in [7, 11) is 0. The number of nitrogens with zero attached hydrogens (tertiary/aromatic N) is 4. The summed E-state index contributed by atoms with van der Waals surface area (Å²) in [5, 5.41) is 5.77. The molecule has 2 aromatic heterocycles. The summed E-state index contributed by atoms with van der Waals surface area (Å²) < 4.78 is 0. The van der Waals surface area contributed by atoms with Crippen LogP contribution in [0.2, 0.25) is 0 Å². The van der Waals surface area contributed by atoms with Crippen molar-refractivity contribution in [3.05, 3.63) is 42.4 Å². The maximum absolute atomic E-state index is 11.7. The zero-order chi connectivity index (χ0) is 13.5. The number of aromatic nitrogens is 4. The number of nitrogens with one attached hydrogen (secondary N) is 2. The molecule has 2 heterocycles. The van der Waals surface area contributed by atoms with Gasteiger partial charge in [-0.05, 0) is 6.92 Å². The molecule has 0 aliphatic rings. The van der Waals surface area contributed by atoms with Gasteiger partial charge >= 0.3 is 0 Å². The first kappa shape index (κ1) is 12.9. The van der Waals surface area contributed by atoms with Gasteiger partial charge in [0, 0.05) is 31.7 Å². The topological polar surface area (TPSA) is 92.7 Å². The summed E-state index contributed by atoms with van der Waals surface area (Å²) in [4.78, 5) is 27.7. The van der Waals surface area contributed by atoms with Crippen LogP contribution in [0, 0.1) is 6.92 Å². The van der Waals surface area contributed by atoms with Gasteiger partial charge in [0.25, 0.3) is 5.91 Å². The van der Waals surface area contributed by atoms with Crippen LogP contribution in [-0.4, -0.2) is 38.9 Å². The molecule has 2 aromatic rings.